The molecule has 1 aromatic carbocycles. The van der Waals surface area contributed by atoms with E-state index in [-0.39, 0.29) is 5.54 Å². The molecular formula is C16H23N3O2. The summed E-state index contributed by atoms with van der Waals surface area (Å²) in [5.74, 6) is 0. The van der Waals surface area contributed by atoms with Crippen molar-refractivity contribution >= 4 is 17.1 Å². The van der Waals surface area contributed by atoms with Crippen LogP contribution in [0.2, 0.25) is 0 Å². The Morgan fingerprint density at radius 2 is 2.05 bits per heavy atom. The summed E-state index contributed by atoms with van der Waals surface area (Å²) in [5, 5.41) is 26.3. The number of hydrogen-bond acceptors (Lipinski definition) is 4. The van der Waals surface area contributed by atoms with Gasteiger partial charge in [-0.15, -0.1) is 0 Å². The number of aliphatic hydroxyl groups excluding tert-OH is 1. The average molecular weight is 289 g/mol. The van der Waals surface area contributed by atoms with Crippen LogP contribution in [0.4, 0.5) is 0 Å². The minimum absolute atomic E-state index is 0.0194. The van der Waals surface area contributed by atoms with Gasteiger partial charge in [0.05, 0.1) is 12.3 Å². The summed E-state index contributed by atoms with van der Waals surface area (Å²) in [4.78, 5) is 0. The van der Waals surface area contributed by atoms with E-state index in [1.54, 1.807) is 0 Å². The molecule has 2 rings (SSSR count). The van der Waals surface area contributed by atoms with Crippen molar-refractivity contribution in [3.05, 3.63) is 36.0 Å². The van der Waals surface area contributed by atoms with Gasteiger partial charge < -0.3 is 20.2 Å². The summed E-state index contributed by atoms with van der Waals surface area (Å²) < 4.78 is 1.99. The number of oxime groups is 1. The van der Waals surface area contributed by atoms with E-state index in [0.29, 0.717) is 13.1 Å². The molecule has 0 spiro atoms. The van der Waals surface area contributed by atoms with Gasteiger partial charge in [0, 0.05) is 41.3 Å². The molecule has 0 bridgehead atoms. The monoisotopic (exact) mass is 289 g/mol. The van der Waals surface area contributed by atoms with E-state index in [0.717, 1.165) is 16.5 Å². The van der Waals surface area contributed by atoms with Gasteiger partial charge in [0.1, 0.15) is 0 Å². The molecule has 2 aromatic rings. The minimum atomic E-state index is -0.487. The number of benzene rings is 1. The highest BCUT2D eigenvalue weighted by molar-refractivity contribution is 5.99. The fourth-order valence-corrected chi connectivity index (χ4v) is 2.31. The molecule has 0 aliphatic carbocycles. The first kappa shape index (κ1) is 15.5. The van der Waals surface area contributed by atoms with Crippen molar-refractivity contribution in [2.24, 2.45) is 5.16 Å². The fraction of sp³-hybridized carbons (Fsp3) is 0.438. The number of hydrogen-bond donors (Lipinski definition) is 3. The van der Waals surface area contributed by atoms with Crippen molar-refractivity contribution in [1.82, 2.24) is 9.88 Å². The van der Waals surface area contributed by atoms with Crippen molar-refractivity contribution in [2.45, 2.75) is 39.0 Å². The van der Waals surface area contributed by atoms with E-state index in [1.807, 2.05) is 35.0 Å². The third-order valence-corrected chi connectivity index (χ3v) is 3.29. The zero-order chi connectivity index (χ0) is 15.5. The second-order valence-electron chi connectivity index (χ2n) is 6.28. The van der Waals surface area contributed by atoms with E-state index >= 15 is 0 Å². The molecule has 0 unspecified atom stereocenters. The molecule has 1 atom stereocenters. The summed E-state index contributed by atoms with van der Waals surface area (Å²) in [7, 11) is 0. The van der Waals surface area contributed by atoms with Crippen molar-refractivity contribution in [2.75, 3.05) is 6.54 Å². The Morgan fingerprint density at radius 1 is 1.33 bits per heavy atom. The van der Waals surface area contributed by atoms with Gasteiger partial charge in [-0.25, -0.2) is 0 Å². The maximum Gasteiger partial charge on any atom is 0.0843 e. The summed E-state index contributed by atoms with van der Waals surface area (Å²) in [6.07, 6.45) is 2.82. The van der Waals surface area contributed by atoms with Crippen LogP contribution in [-0.2, 0) is 6.54 Å². The topological polar surface area (TPSA) is 69.8 Å². The molecule has 5 heteroatoms. The maximum absolute atomic E-state index is 10.2. The molecule has 0 aliphatic heterocycles. The van der Waals surface area contributed by atoms with E-state index in [2.05, 4.69) is 31.2 Å². The zero-order valence-corrected chi connectivity index (χ0v) is 12.7. The predicted molar refractivity (Wildman–Crippen MR) is 85.1 cm³/mol. The SMILES string of the molecule is CC(C)(C)NC[C@@H](O)Cn1cc(/C=N/O)c2ccccc21. The molecule has 0 fully saturated rings. The maximum atomic E-state index is 10.2. The smallest absolute Gasteiger partial charge is 0.0843 e. The number of β-amino-alcohol motifs (C(OH)–C–C–N with tert-alkyl or cyclic N) is 1. The average Bonchev–Trinajstić information content (AvgIpc) is 2.75. The molecular weight excluding hydrogens is 266 g/mol. The number of rotatable bonds is 5. The summed E-state index contributed by atoms with van der Waals surface area (Å²) in [5.41, 5.74) is 1.83. The first-order valence-corrected chi connectivity index (χ1v) is 7.09. The number of nitrogens with one attached hydrogen (secondary N) is 1. The molecule has 1 aromatic heterocycles. The second kappa shape index (κ2) is 6.28. The van der Waals surface area contributed by atoms with Crippen LogP contribution in [0.5, 0.6) is 0 Å². The van der Waals surface area contributed by atoms with Gasteiger partial charge in [0.2, 0.25) is 0 Å². The third kappa shape index (κ3) is 4.06. The van der Waals surface area contributed by atoms with Gasteiger partial charge >= 0.3 is 0 Å². The number of aromatic nitrogens is 1. The minimum Gasteiger partial charge on any atom is -0.411 e. The lowest BCUT2D eigenvalue weighted by Gasteiger charge is -2.23. The van der Waals surface area contributed by atoms with E-state index in [1.165, 1.54) is 6.21 Å². The van der Waals surface area contributed by atoms with Crippen molar-refractivity contribution in [3.8, 4) is 0 Å². The number of para-hydroxylation sites is 1. The largest absolute Gasteiger partial charge is 0.411 e. The first-order chi connectivity index (χ1) is 9.90. The van der Waals surface area contributed by atoms with Crippen LogP contribution in [0.25, 0.3) is 10.9 Å². The molecule has 21 heavy (non-hydrogen) atoms. The molecule has 0 amide bonds. The van der Waals surface area contributed by atoms with Gasteiger partial charge in [0.15, 0.2) is 0 Å². The quantitative estimate of drug-likeness (QED) is 0.449. The highest BCUT2D eigenvalue weighted by atomic mass is 16.4. The lowest BCUT2D eigenvalue weighted by atomic mass is 10.1. The number of aliphatic hydroxyl groups is 1. The summed E-state index contributed by atoms with van der Waals surface area (Å²) in [6.45, 7) is 7.23. The molecule has 0 saturated carbocycles. The Labute approximate surface area is 124 Å². The van der Waals surface area contributed by atoms with E-state index < -0.39 is 6.10 Å². The molecule has 0 aliphatic rings. The fourth-order valence-electron chi connectivity index (χ4n) is 2.31. The van der Waals surface area contributed by atoms with Crippen molar-refractivity contribution in [1.29, 1.82) is 0 Å². The van der Waals surface area contributed by atoms with Crippen molar-refractivity contribution in [3.63, 3.8) is 0 Å². The zero-order valence-electron chi connectivity index (χ0n) is 12.7. The van der Waals surface area contributed by atoms with Crippen LogP contribution in [-0.4, -0.2) is 39.3 Å². The third-order valence-electron chi connectivity index (χ3n) is 3.29. The standard InChI is InChI=1S/C16H23N3O2/c1-16(2,3)17-9-13(20)11-19-10-12(8-18-21)14-6-4-5-7-15(14)19/h4-8,10,13,17,20-21H,9,11H2,1-3H3/b18-8+/t13-/m1/s1. The van der Waals surface area contributed by atoms with Crippen LogP contribution < -0.4 is 5.32 Å². The van der Waals surface area contributed by atoms with Gasteiger partial charge in [-0.2, -0.15) is 0 Å². The highest BCUT2D eigenvalue weighted by Crippen LogP contribution is 2.20. The lowest BCUT2D eigenvalue weighted by molar-refractivity contribution is 0.143. The Balaban J connectivity index is 2.18. The summed E-state index contributed by atoms with van der Waals surface area (Å²) in [6, 6.07) is 7.87. The molecule has 0 radical (unpaired) electrons. The Morgan fingerprint density at radius 3 is 2.71 bits per heavy atom. The molecule has 114 valence electrons. The van der Waals surface area contributed by atoms with E-state index in [9.17, 15) is 5.11 Å². The Kier molecular flexibility index (Phi) is 4.65. The van der Waals surface area contributed by atoms with Crippen LogP contribution in [0, 0.1) is 0 Å². The van der Waals surface area contributed by atoms with E-state index in [4.69, 9.17) is 5.21 Å². The van der Waals surface area contributed by atoms with Crippen LogP contribution in [0.3, 0.4) is 0 Å². The highest BCUT2D eigenvalue weighted by Gasteiger charge is 2.14. The summed E-state index contributed by atoms with van der Waals surface area (Å²) >= 11 is 0. The van der Waals surface area contributed by atoms with Crippen molar-refractivity contribution < 1.29 is 10.3 Å². The normalized spacial score (nSPS) is 14.1. The molecule has 1 heterocycles. The Hall–Kier alpha value is -1.85. The van der Waals surface area contributed by atoms with Crippen LogP contribution in [0.15, 0.2) is 35.6 Å². The number of nitrogens with zero attached hydrogens (tertiary/aromatic N) is 2. The van der Waals surface area contributed by atoms with Gasteiger partial charge in [0.25, 0.3) is 0 Å². The molecule has 3 N–H and O–H groups in total. The van der Waals surface area contributed by atoms with Gasteiger partial charge in [-0.3, -0.25) is 0 Å². The van der Waals surface area contributed by atoms with Crippen LogP contribution in [0.1, 0.15) is 26.3 Å². The Bertz CT molecular complexity index is 626. The second-order valence-corrected chi connectivity index (χ2v) is 6.28. The van der Waals surface area contributed by atoms with Crippen LogP contribution >= 0.6 is 0 Å². The molecule has 5 nitrogen and oxygen atoms in total. The van der Waals surface area contributed by atoms with Gasteiger partial charge in [-0.1, -0.05) is 23.4 Å². The lowest BCUT2D eigenvalue weighted by Crippen LogP contribution is -2.41. The number of fused-ring (bicyclic) bond motifs is 1. The molecule has 0 saturated heterocycles. The first-order valence-electron chi connectivity index (χ1n) is 7.09. The van der Waals surface area contributed by atoms with Gasteiger partial charge in [-0.05, 0) is 26.8 Å². The predicted octanol–water partition coefficient (Wildman–Crippen LogP) is 2.20.